The summed E-state index contributed by atoms with van der Waals surface area (Å²) in [5.74, 6) is 0.142. The van der Waals surface area contributed by atoms with E-state index in [1.165, 1.54) is 29.8 Å². The SMILES string of the molecule is O=C(COc1ccc(F)cc1)N1CCN(Cc2ccncc2)CC1. The van der Waals surface area contributed by atoms with Crippen LogP contribution in [0.4, 0.5) is 4.39 Å². The van der Waals surface area contributed by atoms with Gasteiger partial charge in [0.25, 0.3) is 5.91 Å². The van der Waals surface area contributed by atoms with Crippen LogP contribution in [0.2, 0.25) is 0 Å². The molecule has 0 atom stereocenters. The van der Waals surface area contributed by atoms with E-state index in [0.29, 0.717) is 18.8 Å². The number of piperazine rings is 1. The Kier molecular flexibility index (Phi) is 5.38. The van der Waals surface area contributed by atoms with Crippen molar-refractivity contribution < 1.29 is 13.9 Å². The first-order valence-corrected chi connectivity index (χ1v) is 7.98. The Morgan fingerprint density at radius 1 is 1.04 bits per heavy atom. The molecule has 0 unspecified atom stereocenters. The minimum atomic E-state index is -0.320. The molecular weight excluding hydrogens is 309 g/mol. The second-order valence-electron chi connectivity index (χ2n) is 5.75. The summed E-state index contributed by atoms with van der Waals surface area (Å²) in [6, 6.07) is 9.70. The van der Waals surface area contributed by atoms with Gasteiger partial charge in [0.1, 0.15) is 11.6 Å². The minimum Gasteiger partial charge on any atom is -0.484 e. The number of pyridine rings is 1. The average molecular weight is 329 g/mol. The van der Waals surface area contributed by atoms with Crippen LogP contribution >= 0.6 is 0 Å². The quantitative estimate of drug-likeness (QED) is 0.841. The molecule has 1 amide bonds. The first-order valence-electron chi connectivity index (χ1n) is 7.98. The minimum absolute atomic E-state index is 0.0179. The van der Waals surface area contributed by atoms with E-state index in [0.717, 1.165) is 19.6 Å². The van der Waals surface area contributed by atoms with E-state index in [2.05, 4.69) is 9.88 Å². The predicted molar refractivity (Wildman–Crippen MR) is 88.0 cm³/mol. The molecule has 0 N–H and O–H groups in total. The van der Waals surface area contributed by atoms with Gasteiger partial charge in [-0.2, -0.15) is 0 Å². The van der Waals surface area contributed by atoms with Crippen LogP contribution in [0.3, 0.4) is 0 Å². The molecule has 0 radical (unpaired) electrons. The summed E-state index contributed by atoms with van der Waals surface area (Å²) in [6.07, 6.45) is 3.59. The number of amides is 1. The molecule has 1 aliphatic heterocycles. The number of hydrogen-bond donors (Lipinski definition) is 0. The zero-order valence-corrected chi connectivity index (χ0v) is 13.4. The Bertz CT molecular complexity index is 656. The Hall–Kier alpha value is -2.47. The molecule has 0 bridgehead atoms. The van der Waals surface area contributed by atoms with Crippen molar-refractivity contribution in [1.82, 2.24) is 14.8 Å². The van der Waals surface area contributed by atoms with E-state index in [-0.39, 0.29) is 18.3 Å². The van der Waals surface area contributed by atoms with Gasteiger partial charge in [0.2, 0.25) is 0 Å². The van der Waals surface area contributed by atoms with E-state index >= 15 is 0 Å². The molecule has 0 aliphatic carbocycles. The topological polar surface area (TPSA) is 45.7 Å². The molecule has 126 valence electrons. The average Bonchev–Trinajstić information content (AvgIpc) is 2.62. The molecule has 1 saturated heterocycles. The van der Waals surface area contributed by atoms with Gasteiger partial charge in [-0.15, -0.1) is 0 Å². The van der Waals surface area contributed by atoms with Gasteiger partial charge in [0.15, 0.2) is 6.61 Å². The second-order valence-corrected chi connectivity index (χ2v) is 5.75. The third-order valence-corrected chi connectivity index (χ3v) is 4.06. The first-order chi connectivity index (χ1) is 11.7. The van der Waals surface area contributed by atoms with Gasteiger partial charge in [0, 0.05) is 45.1 Å². The Morgan fingerprint density at radius 2 is 1.71 bits per heavy atom. The van der Waals surface area contributed by atoms with Crippen molar-refractivity contribution in [3.8, 4) is 5.75 Å². The number of aromatic nitrogens is 1. The van der Waals surface area contributed by atoms with Gasteiger partial charge in [-0.05, 0) is 42.0 Å². The van der Waals surface area contributed by atoms with Gasteiger partial charge in [-0.1, -0.05) is 0 Å². The summed E-state index contributed by atoms with van der Waals surface area (Å²) in [7, 11) is 0. The number of ether oxygens (including phenoxy) is 1. The van der Waals surface area contributed by atoms with Gasteiger partial charge < -0.3 is 9.64 Å². The van der Waals surface area contributed by atoms with E-state index in [1.807, 2.05) is 17.0 Å². The monoisotopic (exact) mass is 329 g/mol. The molecule has 5 nitrogen and oxygen atoms in total. The number of rotatable bonds is 5. The highest BCUT2D eigenvalue weighted by Gasteiger charge is 2.21. The molecular formula is C18H20FN3O2. The highest BCUT2D eigenvalue weighted by atomic mass is 19.1. The van der Waals surface area contributed by atoms with Crippen molar-refractivity contribution in [2.75, 3.05) is 32.8 Å². The van der Waals surface area contributed by atoms with E-state index in [9.17, 15) is 9.18 Å². The van der Waals surface area contributed by atoms with E-state index in [4.69, 9.17) is 4.74 Å². The molecule has 2 heterocycles. The molecule has 1 aliphatic rings. The van der Waals surface area contributed by atoms with Gasteiger partial charge in [-0.25, -0.2) is 4.39 Å². The van der Waals surface area contributed by atoms with E-state index in [1.54, 1.807) is 12.4 Å². The highest BCUT2D eigenvalue weighted by Crippen LogP contribution is 2.12. The number of benzene rings is 1. The largest absolute Gasteiger partial charge is 0.484 e. The van der Waals surface area contributed by atoms with Crippen molar-refractivity contribution >= 4 is 5.91 Å². The first kappa shape index (κ1) is 16.4. The highest BCUT2D eigenvalue weighted by molar-refractivity contribution is 5.77. The third kappa shape index (κ3) is 4.52. The van der Waals surface area contributed by atoms with E-state index < -0.39 is 0 Å². The van der Waals surface area contributed by atoms with Crippen molar-refractivity contribution in [3.63, 3.8) is 0 Å². The summed E-state index contributed by atoms with van der Waals surface area (Å²) in [5, 5.41) is 0. The maximum atomic E-state index is 12.8. The number of carbonyl (C=O) groups excluding carboxylic acids is 1. The molecule has 6 heteroatoms. The van der Waals surface area contributed by atoms with Gasteiger partial charge >= 0.3 is 0 Å². The Morgan fingerprint density at radius 3 is 2.38 bits per heavy atom. The number of halogens is 1. The summed E-state index contributed by atoms with van der Waals surface area (Å²) in [4.78, 5) is 20.4. The third-order valence-electron chi connectivity index (χ3n) is 4.06. The van der Waals surface area contributed by atoms with Crippen LogP contribution in [0.15, 0.2) is 48.8 Å². The zero-order chi connectivity index (χ0) is 16.8. The number of hydrogen-bond acceptors (Lipinski definition) is 4. The zero-order valence-electron chi connectivity index (χ0n) is 13.4. The van der Waals surface area contributed by atoms with Crippen molar-refractivity contribution in [2.45, 2.75) is 6.54 Å². The van der Waals surface area contributed by atoms with Crippen LogP contribution in [-0.4, -0.2) is 53.5 Å². The maximum Gasteiger partial charge on any atom is 0.260 e. The predicted octanol–water partition coefficient (Wildman–Crippen LogP) is 1.94. The number of nitrogens with zero attached hydrogens (tertiary/aromatic N) is 3. The van der Waals surface area contributed by atoms with Crippen molar-refractivity contribution in [2.24, 2.45) is 0 Å². The van der Waals surface area contributed by atoms with Crippen molar-refractivity contribution in [3.05, 3.63) is 60.2 Å². The lowest BCUT2D eigenvalue weighted by molar-refractivity contribution is -0.135. The molecule has 0 saturated carbocycles. The fourth-order valence-corrected chi connectivity index (χ4v) is 2.67. The summed E-state index contributed by atoms with van der Waals surface area (Å²) in [5.41, 5.74) is 1.23. The molecule has 1 aromatic carbocycles. The van der Waals surface area contributed by atoms with Crippen LogP contribution in [0.5, 0.6) is 5.75 Å². The molecule has 3 rings (SSSR count). The molecule has 24 heavy (non-hydrogen) atoms. The maximum absolute atomic E-state index is 12.8. The lowest BCUT2D eigenvalue weighted by Gasteiger charge is -2.34. The second kappa shape index (κ2) is 7.88. The summed E-state index contributed by atoms with van der Waals surface area (Å²) < 4.78 is 18.3. The Labute approximate surface area is 140 Å². The lowest BCUT2D eigenvalue weighted by atomic mass is 10.2. The van der Waals surface area contributed by atoms with Crippen LogP contribution in [-0.2, 0) is 11.3 Å². The van der Waals surface area contributed by atoms with Crippen LogP contribution in [0.1, 0.15) is 5.56 Å². The van der Waals surface area contributed by atoms with Crippen LogP contribution < -0.4 is 4.74 Å². The van der Waals surface area contributed by atoms with Gasteiger partial charge in [-0.3, -0.25) is 14.7 Å². The summed E-state index contributed by atoms with van der Waals surface area (Å²) in [6.45, 7) is 3.91. The Balaban J connectivity index is 1.42. The van der Waals surface area contributed by atoms with Gasteiger partial charge in [0.05, 0.1) is 0 Å². The lowest BCUT2D eigenvalue weighted by Crippen LogP contribution is -2.49. The standard InChI is InChI=1S/C18H20FN3O2/c19-16-1-3-17(4-2-16)24-14-18(23)22-11-9-21(10-12-22)13-15-5-7-20-8-6-15/h1-8H,9-14H2. The smallest absolute Gasteiger partial charge is 0.260 e. The molecule has 1 aromatic heterocycles. The number of carbonyl (C=O) groups is 1. The van der Waals surface area contributed by atoms with Crippen LogP contribution in [0, 0.1) is 5.82 Å². The summed E-state index contributed by atoms with van der Waals surface area (Å²) >= 11 is 0. The molecule has 1 fully saturated rings. The molecule has 2 aromatic rings. The fourth-order valence-electron chi connectivity index (χ4n) is 2.67. The van der Waals surface area contributed by atoms with Crippen molar-refractivity contribution in [1.29, 1.82) is 0 Å². The van der Waals surface area contributed by atoms with Crippen LogP contribution in [0.25, 0.3) is 0 Å². The normalized spacial score (nSPS) is 15.3. The fraction of sp³-hybridized carbons (Fsp3) is 0.333. The molecule has 0 spiro atoms.